The molecule has 0 spiro atoms. The van der Waals surface area contributed by atoms with E-state index in [0.29, 0.717) is 48.7 Å². The molecule has 2 N–H and O–H groups in total. The van der Waals surface area contributed by atoms with Gasteiger partial charge in [-0.15, -0.1) is 6.42 Å². The summed E-state index contributed by atoms with van der Waals surface area (Å²) in [5, 5.41) is 9.96. The number of ether oxygens (including phenoxy) is 2. The number of benzene rings is 1. The summed E-state index contributed by atoms with van der Waals surface area (Å²) in [5.41, 5.74) is 9.06. The molecule has 3 rings (SSSR count). The van der Waals surface area contributed by atoms with Gasteiger partial charge in [0.1, 0.15) is 18.2 Å². The van der Waals surface area contributed by atoms with E-state index >= 15 is 0 Å². The number of nitrogens with two attached hydrogens (primary N) is 1. The highest BCUT2D eigenvalue weighted by Crippen LogP contribution is 2.48. The Morgan fingerprint density at radius 1 is 1.30 bits per heavy atom. The van der Waals surface area contributed by atoms with E-state index in [1.807, 2.05) is 17.0 Å². The van der Waals surface area contributed by atoms with Crippen LogP contribution in [0.4, 0.5) is 0 Å². The quantitative estimate of drug-likeness (QED) is 0.732. The number of ketones is 1. The van der Waals surface area contributed by atoms with Crippen LogP contribution >= 0.6 is 0 Å². The van der Waals surface area contributed by atoms with Crippen molar-refractivity contribution in [3.63, 3.8) is 0 Å². The van der Waals surface area contributed by atoms with E-state index in [4.69, 9.17) is 21.6 Å². The minimum Gasteiger partial charge on any atom is -0.481 e. The molecule has 0 radical (unpaired) electrons. The lowest BCUT2D eigenvalue weighted by molar-refractivity contribution is -0.118. The fourth-order valence-electron chi connectivity index (χ4n) is 4.23. The molecule has 30 heavy (non-hydrogen) atoms. The van der Waals surface area contributed by atoms with Gasteiger partial charge in [0.05, 0.1) is 24.2 Å². The molecule has 1 aromatic carbocycles. The van der Waals surface area contributed by atoms with E-state index < -0.39 is 5.92 Å². The van der Waals surface area contributed by atoms with Crippen molar-refractivity contribution in [2.45, 2.75) is 32.6 Å². The Balaban J connectivity index is 2.12. The van der Waals surface area contributed by atoms with Gasteiger partial charge in [-0.3, -0.25) is 4.79 Å². The number of hydrogen-bond donors (Lipinski definition) is 1. The molecular weight excluding hydrogens is 378 g/mol. The summed E-state index contributed by atoms with van der Waals surface area (Å²) in [5.74, 6) is 3.02. The zero-order chi connectivity index (χ0) is 21.9. The van der Waals surface area contributed by atoms with Crippen LogP contribution in [0.15, 0.2) is 46.9 Å². The zero-order valence-corrected chi connectivity index (χ0v) is 17.7. The molecule has 1 aliphatic carbocycles. The number of allylic oxidation sites excluding steroid dienone is 3. The van der Waals surface area contributed by atoms with E-state index in [1.165, 1.54) is 0 Å². The molecule has 6 heteroatoms. The van der Waals surface area contributed by atoms with Crippen molar-refractivity contribution in [1.82, 2.24) is 4.90 Å². The summed E-state index contributed by atoms with van der Waals surface area (Å²) >= 11 is 0. The molecule has 0 bridgehead atoms. The van der Waals surface area contributed by atoms with Gasteiger partial charge in [-0.05, 0) is 29.5 Å². The summed E-state index contributed by atoms with van der Waals surface area (Å²) in [7, 11) is 1.62. The number of carbonyl (C=O) groups excluding carboxylic acids is 1. The van der Waals surface area contributed by atoms with Gasteiger partial charge in [0.2, 0.25) is 0 Å². The second-order valence-electron chi connectivity index (χ2n) is 8.35. The number of nitriles is 1. The van der Waals surface area contributed by atoms with Crippen molar-refractivity contribution in [3.8, 4) is 24.2 Å². The normalized spacial score (nSPS) is 20.5. The van der Waals surface area contributed by atoms with Crippen LogP contribution in [-0.2, 0) is 9.53 Å². The lowest BCUT2D eigenvalue weighted by Crippen LogP contribution is -2.43. The van der Waals surface area contributed by atoms with E-state index in [-0.39, 0.29) is 17.8 Å². The minimum atomic E-state index is -0.492. The van der Waals surface area contributed by atoms with Crippen LogP contribution in [0, 0.1) is 29.1 Å². The van der Waals surface area contributed by atoms with Crippen molar-refractivity contribution in [1.29, 1.82) is 5.26 Å². The van der Waals surface area contributed by atoms with E-state index in [9.17, 15) is 10.1 Å². The third-order valence-corrected chi connectivity index (χ3v) is 5.54. The van der Waals surface area contributed by atoms with Crippen molar-refractivity contribution < 1.29 is 14.3 Å². The van der Waals surface area contributed by atoms with Gasteiger partial charge >= 0.3 is 0 Å². The van der Waals surface area contributed by atoms with Crippen LogP contribution in [-0.4, -0.2) is 37.6 Å². The highest BCUT2D eigenvalue weighted by Gasteiger charge is 2.44. The number of nitrogens with zero attached hydrogens (tertiary/aromatic N) is 2. The summed E-state index contributed by atoms with van der Waals surface area (Å²) in [6.07, 6.45) is 6.38. The Morgan fingerprint density at radius 3 is 2.60 bits per heavy atom. The zero-order valence-electron chi connectivity index (χ0n) is 17.7. The predicted molar refractivity (Wildman–Crippen MR) is 114 cm³/mol. The summed E-state index contributed by atoms with van der Waals surface area (Å²) in [6.45, 7) is 5.26. The van der Waals surface area contributed by atoms with Crippen LogP contribution in [0.3, 0.4) is 0 Å². The predicted octanol–water partition coefficient (Wildman–Crippen LogP) is 3.08. The van der Waals surface area contributed by atoms with Crippen LogP contribution < -0.4 is 10.5 Å². The largest absolute Gasteiger partial charge is 0.481 e. The molecule has 0 aromatic heterocycles. The Labute approximate surface area is 177 Å². The molecular formula is C24H27N3O3. The molecule has 2 aliphatic rings. The van der Waals surface area contributed by atoms with Gasteiger partial charge in [0.15, 0.2) is 5.78 Å². The highest BCUT2D eigenvalue weighted by atomic mass is 16.5. The van der Waals surface area contributed by atoms with E-state index in [1.54, 1.807) is 19.2 Å². The molecule has 1 heterocycles. The first-order valence-electron chi connectivity index (χ1n) is 9.91. The smallest absolute Gasteiger partial charge is 0.162 e. The lowest BCUT2D eigenvalue weighted by atomic mass is 9.68. The summed E-state index contributed by atoms with van der Waals surface area (Å²) in [4.78, 5) is 15.2. The van der Waals surface area contributed by atoms with Crippen LogP contribution in [0.25, 0.3) is 0 Å². The summed E-state index contributed by atoms with van der Waals surface area (Å²) in [6, 6.07) is 9.59. The molecule has 1 atom stereocenters. The Hall–Kier alpha value is -3.22. The number of methoxy groups -OCH3 is 1. The fourth-order valence-corrected chi connectivity index (χ4v) is 4.23. The average molecular weight is 405 g/mol. The molecule has 0 amide bonds. The van der Waals surface area contributed by atoms with E-state index in [0.717, 1.165) is 11.3 Å². The number of Topliss-reactive ketones (excluding diaryl/α,β-unsaturated/α-hetero) is 1. The monoisotopic (exact) mass is 405 g/mol. The lowest BCUT2D eigenvalue weighted by Gasteiger charge is -2.43. The Kier molecular flexibility index (Phi) is 6.20. The minimum absolute atomic E-state index is 0.0570. The molecule has 0 fully saturated rings. The summed E-state index contributed by atoms with van der Waals surface area (Å²) < 4.78 is 10.7. The SMILES string of the molecule is C#CCOc1ccc([C@@H]2C(C#N)=C(N)N(CCOC)C3=C2C(=O)CC(C)(C)C3)cc1. The van der Waals surface area contributed by atoms with Gasteiger partial charge < -0.3 is 20.1 Å². The topological polar surface area (TPSA) is 88.6 Å². The average Bonchev–Trinajstić information content (AvgIpc) is 2.70. The number of carbonyl (C=O) groups is 1. The molecule has 1 aliphatic heterocycles. The first-order valence-corrected chi connectivity index (χ1v) is 9.91. The maximum atomic E-state index is 13.3. The molecule has 6 nitrogen and oxygen atoms in total. The van der Waals surface area contributed by atoms with Gasteiger partial charge in [0.25, 0.3) is 0 Å². The van der Waals surface area contributed by atoms with Crippen molar-refractivity contribution in [2.75, 3.05) is 26.9 Å². The van der Waals surface area contributed by atoms with Crippen LogP contribution in [0.5, 0.6) is 5.75 Å². The Morgan fingerprint density at radius 2 is 2.00 bits per heavy atom. The second kappa shape index (κ2) is 8.65. The first-order chi connectivity index (χ1) is 14.3. The number of hydrogen-bond acceptors (Lipinski definition) is 6. The highest BCUT2D eigenvalue weighted by molar-refractivity contribution is 6.00. The number of terminal acetylenes is 1. The maximum absolute atomic E-state index is 13.3. The van der Waals surface area contributed by atoms with Crippen LogP contribution in [0.1, 0.15) is 38.2 Å². The molecule has 0 saturated carbocycles. The maximum Gasteiger partial charge on any atom is 0.162 e. The molecule has 0 saturated heterocycles. The standard InChI is InChI=1S/C24H27N3O3/c1-5-11-30-17-8-6-16(7-9-17)21-18(15-25)23(26)27(10-12-29-4)19-13-24(2,3)14-20(28)22(19)21/h1,6-9,21H,10-14,26H2,2-4H3/t21-/m1/s1. The Bertz CT molecular complexity index is 974. The third kappa shape index (κ3) is 4.06. The van der Waals surface area contributed by atoms with Gasteiger partial charge in [-0.1, -0.05) is 31.9 Å². The third-order valence-electron chi connectivity index (χ3n) is 5.54. The van der Waals surface area contributed by atoms with Gasteiger partial charge in [0, 0.05) is 31.3 Å². The van der Waals surface area contributed by atoms with Crippen molar-refractivity contribution in [2.24, 2.45) is 11.1 Å². The van der Waals surface area contributed by atoms with Gasteiger partial charge in [-0.25, -0.2) is 0 Å². The van der Waals surface area contributed by atoms with Gasteiger partial charge in [-0.2, -0.15) is 5.26 Å². The van der Waals surface area contributed by atoms with Crippen LogP contribution in [0.2, 0.25) is 0 Å². The van der Waals surface area contributed by atoms with Crippen molar-refractivity contribution >= 4 is 5.78 Å². The van der Waals surface area contributed by atoms with Crippen molar-refractivity contribution in [3.05, 3.63) is 52.5 Å². The van der Waals surface area contributed by atoms with E-state index in [2.05, 4.69) is 25.8 Å². The first kappa shape index (κ1) is 21.5. The second-order valence-corrected chi connectivity index (χ2v) is 8.35. The molecule has 156 valence electrons. The number of rotatable bonds is 6. The fraction of sp³-hybridized carbons (Fsp3) is 0.417. The molecule has 0 unspecified atom stereocenters. The molecule has 1 aromatic rings.